The van der Waals surface area contributed by atoms with Crippen molar-refractivity contribution in [2.24, 2.45) is 14.1 Å². The third-order valence-electron chi connectivity index (χ3n) is 4.76. The van der Waals surface area contributed by atoms with Crippen molar-refractivity contribution in [1.82, 2.24) is 23.7 Å². The summed E-state index contributed by atoms with van der Waals surface area (Å²) in [6.07, 6.45) is 1.69. The molecular formula is C20H19FN6O2. The van der Waals surface area contributed by atoms with Crippen molar-refractivity contribution in [3.8, 4) is 0 Å². The van der Waals surface area contributed by atoms with E-state index in [1.54, 1.807) is 29.9 Å². The van der Waals surface area contributed by atoms with Crippen LogP contribution in [0.15, 0.2) is 58.3 Å². The fraction of sp³-hybridized carbons (Fsp3) is 0.200. The first-order valence-electron chi connectivity index (χ1n) is 9.00. The quantitative estimate of drug-likeness (QED) is 0.556. The average Bonchev–Trinajstić information content (AvgIpc) is 3.10. The lowest BCUT2D eigenvalue weighted by Gasteiger charge is -2.11. The molecule has 0 fully saturated rings. The molecule has 3 heterocycles. The van der Waals surface area contributed by atoms with Gasteiger partial charge in [-0.15, -0.1) is 0 Å². The van der Waals surface area contributed by atoms with E-state index in [9.17, 15) is 14.0 Å². The Balaban J connectivity index is 1.85. The molecule has 0 amide bonds. The average molecular weight is 394 g/mol. The summed E-state index contributed by atoms with van der Waals surface area (Å²) in [6.45, 7) is 0.677. The van der Waals surface area contributed by atoms with E-state index in [-0.39, 0.29) is 18.0 Å². The van der Waals surface area contributed by atoms with Crippen molar-refractivity contribution in [3.63, 3.8) is 0 Å². The third kappa shape index (κ3) is 3.42. The number of imidazole rings is 1. The van der Waals surface area contributed by atoms with Gasteiger partial charge in [-0.05, 0) is 29.8 Å². The van der Waals surface area contributed by atoms with Crippen molar-refractivity contribution in [1.29, 1.82) is 0 Å². The molecule has 0 radical (unpaired) electrons. The maximum absolute atomic E-state index is 13.3. The fourth-order valence-electron chi connectivity index (χ4n) is 3.18. The van der Waals surface area contributed by atoms with Crippen molar-refractivity contribution >= 4 is 17.1 Å². The second kappa shape index (κ2) is 7.34. The zero-order valence-corrected chi connectivity index (χ0v) is 16.0. The molecule has 0 aliphatic carbocycles. The summed E-state index contributed by atoms with van der Waals surface area (Å²) in [7, 11) is 3.00. The van der Waals surface area contributed by atoms with Crippen LogP contribution < -0.4 is 16.6 Å². The molecule has 0 atom stereocenters. The Morgan fingerprint density at radius 3 is 2.48 bits per heavy atom. The van der Waals surface area contributed by atoms with E-state index in [1.165, 1.54) is 23.7 Å². The number of nitrogens with one attached hydrogen (secondary N) is 1. The Kier molecular flexibility index (Phi) is 4.71. The van der Waals surface area contributed by atoms with Crippen molar-refractivity contribution in [3.05, 3.63) is 86.6 Å². The number of fused-ring (bicyclic) bond motifs is 1. The minimum absolute atomic E-state index is 0.281. The monoisotopic (exact) mass is 394 g/mol. The summed E-state index contributed by atoms with van der Waals surface area (Å²) in [5.41, 5.74) is 1.28. The van der Waals surface area contributed by atoms with E-state index in [4.69, 9.17) is 0 Å². The molecule has 0 bridgehead atoms. The summed E-state index contributed by atoms with van der Waals surface area (Å²) < 4.78 is 17.4. The fourth-order valence-corrected chi connectivity index (χ4v) is 3.18. The van der Waals surface area contributed by atoms with E-state index in [2.05, 4.69) is 15.3 Å². The molecule has 29 heavy (non-hydrogen) atoms. The zero-order chi connectivity index (χ0) is 20.5. The molecule has 8 nitrogen and oxygen atoms in total. The van der Waals surface area contributed by atoms with Gasteiger partial charge in [0.05, 0.1) is 18.8 Å². The van der Waals surface area contributed by atoms with Gasteiger partial charge in [0, 0.05) is 20.3 Å². The molecule has 148 valence electrons. The summed E-state index contributed by atoms with van der Waals surface area (Å²) in [4.78, 5) is 33.9. The molecule has 0 unspecified atom stereocenters. The first kappa shape index (κ1) is 18.6. The number of hydrogen-bond donors (Lipinski definition) is 1. The van der Waals surface area contributed by atoms with Crippen LogP contribution in [0.4, 0.5) is 10.3 Å². The van der Waals surface area contributed by atoms with Crippen LogP contribution >= 0.6 is 0 Å². The summed E-state index contributed by atoms with van der Waals surface area (Å²) in [6, 6.07) is 11.6. The number of anilines is 1. The minimum Gasteiger partial charge on any atom is -0.350 e. The molecule has 1 N–H and O–H groups in total. The van der Waals surface area contributed by atoms with Gasteiger partial charge in [-0.1, -0.05) is 18.2 Å². The molecule has 0 aliphatic rings. The molecule has 0 spiro atoms. The van der Waals surface area contributed by atoms with Crippen molar-refractivity contribution in [2.45, 2.75) is 13.1 Å². The predicted molar refractivity (Wildman–Crippen MR) is 107 cm³/mol. The first-order chi connectivity index (χ1) is 14.0. The van der Waals surface area contributed by atoms with E-state index >= 15 is 0 Å². The molecule has 0 saturated heterocycles. The molecule has 4 aromatic rings. The third-order valence-corrected chi connectivity index (χ3v) is 4.76. The summed E-state index contributed by atoms with van der Waals surface area (Å²) in [5, 5.41) is 3.20. The minimum atomic E-state index is -0.454. The van der Waals surface area contributed by atoms with Crippen LogP contribution in [0.25, 0.3) is 11.2 Å². The van der Waals surface area contributed by atoms with Gasteiger partial charge in [-0.2, -0.15) is 4.98 Å². The Labute approximate surface area is 164 Å². The topological polar surface area (TPSA) is 86.7 Å². The Hall–Kier alpha value is -3.75. The zero-order valence-electron chi connectivity index (χ0n) is 16.0. The van der Waals surface area contributed by atoms with Gasteiger partial charge in [-0.3, -0.25) is 23.5 Å². The van der Waals surface area contributed by atoms with Gasteiger partial charge in [-0.25, -0.2) is 9.18 Å². The molecule has 3 aromatic heterocycles. The maximum Gasteiger partial charge on any atom is 0.332 e. The van der Waals surface area contributed by atoms with Crippen molar-refractivity contribution < 1.29 is 4.39 Å². The molecule has 1 aromatic carbocycles. The van der Waals surface area contributed by atoms with E-state index in [0.717, 1.165) is 15.8 Å². The smallest absolute Gasteiger partial charge is 0.332 e. The number of nitrogens with zero attached hydrogens (tertiary/aromatic N) is 5. The molecular weight excluding hydrogens is 375 g/mol. The molecule has 0 saturated carbocycles. The highest BCUT2D eigenvalue weighted by atomic mass is 19.1. The second-order valence-electron chi connectivity index (χ2n) is 6.70. The van der Waals surface area contributed by atoms with E-state index in [1.807, 2.05) is 18.2 Å². The number of halogens is 1. The SMILES string of the molecule is Cn1c(=O)c2c(nc(NCc3ccccn3)n2Cc2ccc(F)cc2)n(C)c1=O. The number of rotatable bonds is 5. The summed E-state index contributed by atoms with van der Waals surface area (Å²) >= 11 is 0. The maximum atomic E-state index is 13.3. The highest BCUT2D eigenvalue weighted by Gasteiger charge is 2.19. The normalized spacial score (nSPS) is 11.1. The number of aromatic nitrogens is 5. The van der Waals surface area contributed by atoms with Crippen LogP contribution in [0.5, 0.6) is 0 Å². The van der Waals surface area contributed by atoms with Gasteiger partial charge in [0.1, 0.15) is 5.82 Å². The summed E-state index contributed by atoms with van der Waals surface area (Å²) in [5.74, 6) is 0.0873. The molecule has 0 aliphatic heterocycles. The van der Waals surface area contributed by atoms with Gasteiger partial charge in [0.25, 0.3) is 5.56 Å². The highest BCUT2D eigenvalue weighted by molar-refractivity contribution is 5.74. The van der Waals surface area contributed by atoms with Crippen LogP contribution in [0.3, 0.4) is 0 Å². The molecule has 9 heteroatoms. The Bertz CT molecular complexity index is 1290. The predicted octanol–water partition coefficient (Wildman–Crippen LogP) is 1.63. The highest BCUT2D eigenvalue weighted by Crippen LogP contribution is 2.18. The van der Waals surface area contributed by atoms with Crippen LogP contribution in [0.1, 0.15) is 11.3 Å². The van der Waals surface area contributed by atoms with E-state index in [0.29, 0.717) is 18.0 Å². The van der Waals surface area contributed by atoms with Crippen LogP contribution in [0, 0.1) is 5.82 Å². The number of pyridine rings is 1. The van der Waals surface area contributed by atoms with Crippen LogP contribution in [-0.2, 0) is 27.2 Å². The van der Waals surface area contributed by atoms with Gasteiger partial charge in [0.15, 0.2) is 11.2 Å². The largest absolute Gasteiger partial charge is 0.350 e. The first-order valence-corrected chi connectivity index (χ1v) is 9.00. The van der Waals surface area contributed by atoms with Gasteiger partial charge >= 0.3 is 5.69 Å². The van der Waals surface area contributed by atoms with E-state index < -0.39 is 11.2 Å². The standard InChI is InChI=1S/C20H19FN6O2/c1-25-17-16(18(28)26(2)20(25)29)27(12-13-6-8-14(21)9-7-13)19(24-17)23-11-15-5-3-4-10-22-15/h3-10H,11-12H2,1-2H3,(H,23,24). The Morgan fingerprint density at radius 2 is 1.79 bits per heavy atom. The van der Waals surface area contributed by atoms with Crippen molar-refractivity contribution in [2.75, 3.05) is 5.32 Å². The van der Waals surface area contributed by atoms with Crippen LogP contribution in [-0.4, -0.2) is 23.7 Å². The van der Waals surface area contributed by atoms with Crippen LogP contribution in [0.2, 0.25) is 0 Å². The lowest BCUT2D eigenvalue weighted by molar-refractivity contribution is 0.626. The lowest BCUT2D eigenvalue weighted by atomic mass is 10.2. The number of aryl methyl sites for hydroxylation is 1. The molecule has 4 rings (SSSR count). The number of hydrogen-bond acceptors (Lipinski definition) is 5. The van der Waals surface area contributed by atoms with Gasteiger partial charge in [0.2, 0.25) is 5.95 Å². The lowest BCUT2D eigenvalue weighted by Crippen LogP contribution is -2.37. The Morgan fingerprint density at radius 1 is 1.03 bits per heavy atom. The van der Waals surface area contributed by atoms with Gasteiger partial charge < -0.3 is 5.32 Å². The second-order valence-corrected chi connectivity index (χ2v) is 6.70. The number of benzene rings is 1.